The molecule has 0 amide bonds. The molecule has 10 atom stereocenters. The van der Waals surface area contributed by atoms with E-state index in [9.17, 15) is 35.4 Å². The molecule has 0 bridgehead atoms. The molecular formula is C22H28O12. The van der Waals surface area contributed by atoms with Gasteiger partial charge in [0.25, 0.3) is 0 Å². The van der Waals surface area contributed by atoms with Crippen LogP contribution in [0.5, 0.6) is 5.75 Å². The van der Waals surface area contributed by atoms with Crippen molar-refractivity contribution in [3.05, 3.63) is 40.2 Å². The molecule has 2 saturated heterocycles. The predicted octanol–water partition coefficient (Wildman–Crippen LogP) is -1.87. The third kappa shape index (κ3) is 4.82. The predicted molar refractivity (Wildman–Crippen MR) is 113 cm³/mol. The molecule has 0 radical (unpaired) electrons. The smallest absolute Gasteiger partial charge is 0.336 e. The van der Waals surface area contributed by atoms with Crippen molar-refractivity contribution in [2.45, 2.75) is 75.3 Å². The van der Waals surface area contributed by atoms with Crippen LogP contribution in [0.1, 0.15) is 12.5 Å². The first-order valence-corrected chi connectivity index (χ1v) is 10.8. The second-order valence-corrected chi connectivity index (χ2v) is 8.55. The van der Waals surface area contributed by atoms with Gasteiger partial charge in [0.15, 0.2) is 6.29 Å². The number of benzene rings is 1. The summed E-state index contributed by atoms with van der Waals surface area (Å²) < 4.78 is 27.2. The average Bonchev–Trinajstić information content (AvgIpc) is 2.79. The number of ether oxygens (including phenoxy) is 4. The highest BCUT2D eigenvalue weighted by atomic mass is 16.7. The van der Waals surface area contributed by atoms with Gasteiger partial charge in [-0.05, 0) is 31.5 Å². The lowest BCUT2D eigenvalue weighted by molar-refractivity contribution is -0.318. The van der Waals surface area contributed by atoms with Gasteiger partial charge in [0.2, 0.25) is 6.29 Å². The van der Waals surface area contributed by atoms with Gasteiger partial charge in [0.1, 0.15) is 54.1 Å². The molecule has 2 aromatic rings. The Morgan fingerprint density at radius 1 is 0.853 bits per heavy atom. The van der Waals surface area contributed by atoms with Crippen LogP contribution in [0.15, 0.2) is 33.5 Å². The standard InChI is InChI=1S/C22H28O12/c1-8-5-14(23)33-12-6-10(3-4-11(8)12)32-22-20(29)18(27)16(25)13(34-22)7-30-21-19(28)17(26)15(24)9(2)31-21/h3-6,9,13,15-22,24-29H,7H2,1-2H3/t9-,13+,15-,16+,17+,18-,19+,20+,21+,22+/m0/s1. The van der Waals surface area contributed by atoms with E-state index in [0.717, 1.165) is 0 Å². The Labute approximate surface area is 193 Å². The Bertz CT molecular complexity index is 1060. The minimum atomic E-state index is -1.66. The number of aryl methyl sites for hydroxylation is 1. The Balaban J connectivity index is 1.46. The molecule has 0 spiro atoms. The first-order valence-electron chi connectivity index (χ1n) is 10.8. The highest BCUT2D eigenvalue weighted by Crippen LogP contribution is 2.28. The number of aliphatic hydroxyl groups is 6. The fourth-order valence-corrected chi connectivity index (χ4v) is 4.01. The normalized spacial score (nSPS) is 38.7. The summed E-state index contributed by atoms with van der Waals surface area (Å²) in [6, 6.07) is 6.01. The summed E-state index contributed by atoms with van der Waals surface area (Å²) in [4.78, 5) is 11.7. The van der Waals surface area contributed by atoms with Gasteiger partial charge in [-0.25, -0.2) is 4.79 Å². The van der Waals surface area contributed by atoms with E-state index in [1.54, 1.807) is 19.1 Å². The largest absolute Gasteiger partial charge is 0.462 e. The number of aliphatic hydroxyl groups excluding tert-OH is 6. The lowest BCUT2D eigenvalue weighted by Crippen LogP contribution is -2.61. The van der Waals surface area contributed by atoms with Gasteiger partial charge >= 0.3 is 5.63 Å². The maximum absolute atomic E-state index is 11.7. The van der Waals surface area contributed by atoms with Crippen molar-refractivity contribution in [3.8, 4) is 5.75 Å². The fourth-order valence-electron chi connectivity index (χ4n) is 4.01. The second-order valence-electron chi connectivity index (χ2n) is 8.55. The van der Waals surface area contributed by atoms with E-state index in [2.05, 4.69) is 0 Å². The Kier molecular flexibility index (Phi) is 7.24. The molecule has 4 rings (SSSR count). The molecule has 3 heterocycles. The molecule has 1 aromatic carbocycles. The molecule has 1 aromatic heterocycles. The number of hydrogen-bond donors (Lipinski definition) is 6. The van der Waals surface area contributed by atoms with Crippen LogP contribution in [0.25, 0.3) is 11.0 Å². The number of hydrogen-bond acceptors (Lipinski definition) is 12. The monoisotopic (exact) mass is 484 g/mol. The number of rotatable bonds is 5. The molecule has 2 aliphatic heterocycles. The molecule has 12 heteroatoms. The van der Waals surface area contributed by atoms with Crippen LogP contribution in [0.4, 0.5) is 0 Å². The van der Waals surface area contributed by atoms with Crippen LogP contribution in [0.2, 0.25) is 0 Å². The van der Waals surface area contributed by atoms with Crippen molar-refractivity contribution < 1.29 is 54.0 Å². The zero-order chi connectivity index (χ0) is 24.7. The van der Waals surface area contributed by atoms with Crippen LogP contribution in [-0.2, 0) is 14.2 Å². The van der Waals surface area contributed by atoms with Crippen LogP contribution >= 0.6 is 0 Å². The van der Waals surface area contributed by atoms with Crippen molar-refractivity contribution in [1.82, 2.24) is 0 Å². The fraction of sp³-hybridized carbons (Fsp3) is 0.591. The quantitative estimate of drug-likeness (QED) is 0.260. The third-order valence-electron chi connectivity index (χ3n) is 6.08. The highest BCUT2D eigenvalue weighted by molar-refractivity contribution is 5.81. The van der Waals surface area contributed by atoms with Crippen molar-refractivity contribution >= 4 is 11.0 Å². The van der Waals surface area contributed by atoms with Crippen molar-refractivity contribution in [1.29, 1.82) is 0 Å². The molecule has 2 fully saturated rings. The SMILES string of the molecule is Cc1cc(=O)oc2cc(O[C@@H]3O[C@H](CO[C@@H]4O[C@@H](C)[C@H](O)[C@@H](O)[C@H]4O)[C@@H](O)[C@H](O)[C@H]3O)ccc12. The van der Waals surface area contributed by atoms with E-state index >= 15 is 0 Å². The van der Waals surface area contributed by atoms with Crippen molar-refractivity contribution in [2.24, 2.45) is 0 Å². The summed E-state index contributed by atoms with van der Waals surface area (Å²) in [6.45, 7) is 2.83. The Morgan fingerprint density at radius 3 is 2.26 bits per heavy atom. The van der Waals surface area contributed by atoms with Gasteiger partial charge in [-0.15, -0.1) is 0 Å². The first kappa shape index (κ1) is 25.0. The van der Waals surface area contributed by atoms with E-state index in [0.29, 0.717) is 10.9 Å². The molecule has 188 valence electrons. The van der Waals surface area contributed by atoms with E-state index < -0.39 is 73.6 Å². The third-order valence-corrected chi connectivity index (χ3v) is 6.08. The lowest BCUT2D eigenvalue weighted by atomic mass is 9.98. The molecule has 6 N–H and O–H groups in total. The van der Waals surface area contributed by atoms with E-state index in [4.69, 9.17) is 23.4 Å². The minimum absolute atomic E-state index is 0.172. The van der Waals surface area contributed by atoms with Gasteiger partial charge in [0, 0.05) is 17.5 Å². The molecule has 0 unspecified atom stereocenters. The second kappa shape index (κ2) is 9.85. The molecule has 0 aliphatic carbocycles. The maximum atomic E-state index is 11.7. The van der Waals surface area contributed by atoms with Gasteiger partial charge in [-0.3, -0.25) is 0 Å². The Hall–Kier alpha value is -2.13. The average molecular weight is 484 g/mol. The summed E-state index contributed by atoms with van der Waals surface area (Å²) in [5.74, 6) is 0.172. The Morgan fingerprint density at radius 2 is 1.53 bits per heavy atom. The van der Waals surface area contributed by atoms with E-state index in [1.165, 1.54) is 19.1 Å². The van der Waals surface area contributed by atoms with Crippen LogP contribution < -0.4 is 10.4 Å². The van der Waals surface area contributed by atoms with Gasteiger partial charge in [-0.2, -0.15) is 0 Å². The van der Waals surface area contributed by atoms with Crippen LogP contribution in [0, 0.1) is 6.92 Å². The van der Waals surface area contributed by atoms with Crippen molar-refractivity contribution in [3.63, 3.8) is 0 Å². The first-order chi connectivity index (χ1) is 16.1. The maximum Gasteiger partial charge on any atom is 0.336 e. The zero-order valence-electron chi connectivity index (χ0n) is 18.4. The highest BCUT2D eigenvalue weighted by Gasteiger charge is 2.47. The van der Waals surface area contributed by atoms with E-state index in [1.807, 2.05) is 0 Å². The number of fused-ring (bicyclic) bond motifs is 1. The summed E-state index contributed by atoms with van der Waals surface area (Å²) in [6.07, 6.45) is -14.0. The minimum Gasteiger partial charge on any atom is -0.462 e. The van der Waals surface area contributed by atoms with Gasteiger partial charge in [0.05, 0.1) is 12.7 Å². The van der Waals surface area contributed by atoms with Crippen molar-refractivity contribution in [2.75, 3.05) is 6.61 Å². The van der Waals surface area contributed by atoms with Gasteiger partial charge in [-0.1, -0.05) is 0 Å². The summed E-state index contributed by atoms with van der Waals surface area (Å²) in [5, 5.41) is 61.4. The molecule has 34 heavy (non-hydrogen) atoms. The summed E-state index contributed by atoms with van der Waals surface area (Å²) in [5.41, 5.74) is 0.430. The summed E-state index contributed by atoms with van der Waals surface area (Å²) in [7, 11) is 0. The van der Waals surface area contributed by atoms with E-state index in [-0.39, 0.29) is 11.3 Å². The topological polar surface area (TPSA) is 189 Å². The van der Waals surface area contributed by atoms with Crippen LogP contribution in [-0.4, -0.2) is 98.7 Å². The van der Waals surface area contributed by atoms with Gasteiger partial charge < -0.3 is 54.0 Å². The lowest BCUT2D eigenvalue weighted by Gasteiger charge is -2.42. The molecule has 0 saturated carbocycles. The molecule has 2 aliphatic rings. The molecule has 12 nitrogen and oxygen atoms in total. The van der Waals surface area contributed by atoms with Crippen LogP contribution in [0.3, 0.4) is 0 Å². The summed E-state index contributed by atoms with van der Waals surface area (Å²) >= 11 is 0. The zero-order valence-corrected chi connectivity index (χ0v) is 18.4. The molecular weight excluding hydrogens is 456 g/mol.